The molecule has 0 fully saturated rings. The van der Waals surface area contributed by atoms with E-state index < -0.39 is 0 Å². The zero-order chi connectivity index (χ0) is 7.23. The minimum atomic E-state index is 0.914. The van der Waals surface area contributed by atoms with Crippen LogP contribution in [-0.2, 0) is 4.74 Å². The van der Waals surface area contributed by atoms with Crippen LogP contribution in [0.4, 0.5) is 0 Å². The number of hydrogen-bond donors (Lipinski definition) is 0. The molecule has 0 aliphatic carbocycles. The van der Waals surface area contributed by atoms with Crippen LogP contribution in [-0.4, -0.2) is 12.1 Å². The van der Waals surface area contributed by atoms with Crippen LogP contribution in [0.25, 0.3) is 0 Å². The van der Waals surface area contributed by atoms with Crippen molar-refractivity contribution < 1.29 is 4.74 Å². The Hall–Kier alpha value is -1.49. The fourth-order valence-electron chi connectivity index (χ4n) is 0.545. The molecule has 0 aromatic carbocycles. The Morgan fingerprint density at radius 1 is 1.40 bits per heavy atom. The molecule has 0 spiro atoms. The van der Waals surface area contributed by atoms with E-state index in [2.05, 4.69) is 21.7 Å². The van der Waals surface area contributed by atoms with E-state index in [9.17, 15) is 0 Å². The van der Waals surface area contributed by atoms with Crippen LogP contribution in [0.5, 0.6) is 0 Å². The van der Waals surface area contributed by atoms with Crippen molar-refractivity contribution in [1.82, 2.24) is 4.98 Å². The van der Waals surface area contributed by atoms with Gasteiger partial charge in [0.1, 0.15) is 6.11 Å². The number of nitrogens with zero attached hydrogens (tertiary/aromatic N) is 1. The van der Waals surface area contributed by atoms with Crippen molar-refractivity contribution in [2.45, 2.75) is 0 Å². The molecular formula is C8H7NO. The molecular weight excluding hydrogens is 126 g/mol. The second kappa shape index (κ2) is 3.52. The molecule has 0 radical (unpaired) electrons. The van der Waals surface area contributed by atoms with Gasteiger partial charge in [-0.3, -0.25) is 4.98 Å². The van der Waals surface area contributed by atoms with Crippen molar-refractivity contribution in [2.75, 3.05) is 7.11 Å². The lowest BCUT2D eigenvalue weighted by Crippen LogP contribution is -1.74. The molecule has 0 atom stereocenters. The summed E-state index contributed by atoms with van der Waals surface area (Å²) in [6.45, 7) is 0. The molecule has 50 valence electrons. The summed E-state index contributed by atoms with van der Waals surface area (Å²) in [6.07, 6.45) is 5.88. The van der Waals surface area contributed by atoms with Crippen LogP contribution in [0, 0.1) is 12.0 Å². The normalized spacial score (nSPS) is 7.70. The maximum Gasteiger partial charge on any atom is 0.115 e. The fourth-order valence-corrected chi connectivity index (χ4v) is 0.545. The fraction of sp³-hybridized carbons (Fsp3) is 0.125. The molecule has 0 saturated heterocycles. The highest BCUT2D eigenvalue weighted by molar-refractivity contribution is 5.30. The average Bonchev–Trinajstić information content (AvgIpc) is 2.03. The van der Waals surface area contributed by atoms with Gasteiger partial charge < -0.3 is 4.74 Å². The SMILES string of the molecule is COC#Cc1ccncc1. The van der Waals surface area contributed by atoms with Gasteiger partial charge in [-0.2, -0.15) is 0 Å². The first-order chi connectivity index (χ1) is 4.93. The third kappa shape index (κ3) is 1.79. The van der Waals surface area contributed by atoms with Crippen molar-refractivity contribution in [3.05, 3.63) is 30.1 Å². The molecule has 1 aromatic rings. The van der Waals surface area contributed by atoms with Gasteiger partial charge in [0.2, 0.25) is 0 Å². The largest absolute Gasteiger partial charge is 0.450 e. The minimum Gasteiger partial charge on any atom is -0.450 e. The van der Waals surface area contributed by atoms with E-state index in [1.165, 1.54) is 7.11 Å². The molecule has 0 N–H and O–H groups in total. The molecule has 0 aliphatic heterocycles. The molecule has 10 heavy (non-hydrogen) atoms. The molecule has 0 bridgehead atoms. The van der Waals surface area contributed by atoms with Gasteiger partial charge in [-0.15, -0.1) is 0 Å². The van der Waals surface area contributed by atoms with Crippen LogP contribution in [0.2, 0.25) is 0 Å². The smallest absolute Gasteiger partial charge is 0.115 e. The Morgan fingerprint density at radius 2 is 2.10 bits per heavy atom. The van der Waals surface area contributed by atoms with Crippen molar-refractivity contribution in [2.24, 2.45) is 0 Å². The molecule has 2 heteroatoms. The monoisotopic (exact) mass is 133 g/mol. The number of rotatable bonds is 0. The zero-order valence-corrected chi connectivity index (χ0v) is 5.66. The Kier molecular flexibility index (Phi) is 2.33. The summed E-state index contributed by atoms with van der Waals surface area (Å²) >= 11 is 0. The number of ether oxygens (including phenoxy) is 1. The van der Waals surface area contributed by atoms with Gasteiger partial charge in [0.05, 0.1) is 7.11 Å². The first kappa shape index (κ1) is 6.63. The van der Waals surface area contributed by atoms with E-state index in [4.69, 9.17) is 0 Å². The topological polar surface area (TPSA) is 22.1 Å². The minimum absolute atomic E-state index is 0.914. The first-order valence-electron chi connectivity index (χ1n) is 2.87. The lowest BCUT2D eigenvalue weighted by atomic mass is 10.3. The van der Waals surface area contributed by atoms with Gasteiger partial charge in [-0.25, -0.2) is 0 Å². The Bertz CT molecular complexity index is 245. The number of aromatic nitrogens is 1. The molecule has 0 unspecified atom stereocenters. The van der Waals surface area contributed by atoms with Crippen molar-refractivity contribution in [3.63, 3.8) is 0 Å². The maximum atomic E-state index is 4.56. The second-order valence-corrected chi connectivity index (χ2v) is 1.67. The van der Waals surface area contributed by atoms with Gasteiger partial charge in [-0.1, -0.05) is 0 Å². The van der Waals surface area contributed by atoms with Crippen LogP contribution >= 0.6 is 0 Å². The molecule has 1 rings (SSSR count). The summed E-state index contributed by atoms with van der Waals surface area (Å²) in [4.78, 5) is 3.84. The van der Waals surface area contributed by atoms with E-state index in [0.29, 0.717) is 0 Å². The number of pyridine rings is 1. The van der Waals surface area contributed by atoms with Crippen LogP contribution in [0.3, 0.4) is 0 Å². The number of hydrogen-bond acceptors (Lipinski definition) is 2. The van der Waals surface area contributed by atoms with Gasteiger partial charge >= 0.3 is 0 Å². The molecule has 0 aliphatic rings. The third-order valence-corrected chi connectivity index (χ3v) is 0.978. The number of methoxy groups -OCH3 is 1. The lowest BCUT2D eigenvalue weighted by Gasteiger charge is -1.84. The van der Waals surface area contributed by atoms with E-state index >= 15 is 0 Å². The summed E-state index contributed by atoms with van der Waals surface area (Å²) in [5.74, 6) is 2.78. The lowest BCUT2D eigenvalue weighted by molar-refractivity contribution is 0.372. The molecule has 2 nitrogen and oxygen atoms in total. The summed E-state index contributed by atoms with van der Waals surface area (Å²) in [6, 6.07) is 3.65. The van der Waals surface area contributed by atoms with Crippen molar-refractivity contribution in [3.8, 4) is 12.0 Å². The summed E-state index contributed by atoms with van der Waals surface area (Å²) in [5, 5.41) is 0. The zero-order valence-electron chi connectivity index (χ0n) is 5.66. The molecule has 0 saturated carbocycles. The van der Waals surface area contributed by atoms with Crippen LogP contribution in [0.1, 0.15) is 5.56 Å². The predicted molar refractivity (Wildman–Crippen MR) is 38.1 cm³/mol. The van der Waals surface area contributed by atoms with Crippen molar-refractivity contribution >= 4 is 0 Å². The molecule has 1 heterocycles. The Labute approximate surface area is 59.9 Å². The van der Waals surface area contributed by atoms with Crippen LogP contribution < -0.4 is 0 Å². The standard InChI is InChI=1S/C8H7NO/c1-10-7-4-8-2-5-9-6-3-8/h2-3,5-6H,1H3. The van der Waals surface area contributed by atoms with Crippen LogP contribution in [0.15, 0.2) is 24.5 Å². The maximum absolute atomic E-state index is 4.56. The molecule has 0 amide bonds. The van der Waals surface area contributed by atoms with Gasteiger partial charge in [0.25, 0.3) is 0 Å². The predicted octanol–water partition coefficient (Wildman–Crippen LogP) is 1.04. The van der Waals surface area contributed by atoms with Gasteiger partial charge in [0, 0.05) is 18.0 Å². The summed E-state index contributed by atoms with van der Waals surface area (Å²) < 4.78 is 4.56. The summed E-state index contributed by atoms with van der Waals surface area (Å²) in [5.41, 5.74) is 0.914. The van der Waals surface area contributed by atoms with E-state index in [0.717, 1.165) is 5.56 Å². The Morgan fingerprint density at radius 3 is 2.70 bits per heavy atom. The second-order valence-electron chi connectivity index (χ2n) is 1.67. The average molecular weight is 133 g/mol. The Balaban J connectivity index is 2.76. The van der Waals surface area contributed by atoms with Crippen molar-refractivity contribution in [1.29, 1.82) is 0 Å². The quantitative estimate of drug-likeness (QED) is 0.493. The van der Waals surface area contributed by atoms with E-state index in [-0.39, 0.29) is 0 Å². The molecule has 1 aromatic heterocycles. The van der Waals surface area contributed by atoms with Gasteiger partial charge in [0.15, 0.2) is 0 Å². The van der Waals surface area contributed by atoms with E-state index in [1.54, 1.807) is 12.4 Å². The van der Waals surface area contributed by atoms with E-state index in [1.807, 2.05) is 12.1 Å². The highest BCUT2D eigenvalue weighted by Crippen LogP contribution is 1.91. The highest BCUT2D eigenvalue weighted by atomic mass is 16.5. The van der Waals surface area contributed by atoms with Gasteiger partial charge in [-0.05, 0) is 18.1 Å². The summed E-state index contributed by atoms with van der Waals surface area (Å²) in [7, 11) is 1.54. The first-order valence-corrected chi connectivity index (χ1v) is 2.87. The highest BCUT2D eigenvalue weighted by Gasteiger charge is 1.80. The third-order valence-electron chi connectivity index (χ3n) is 0.978.